The van der Waals surface area contributed by atoms with E-state index >= 15 is 0 Å². The van der Waals surface area contributed by atoms with Crippen LogP contribution in [0.4, 0.5) is 10.1 Å². The summed E-state index contributed by atoms with van der Waals surface area (Å²) in [5, 5.41) is 0. The van der Waals surface area contributed by atoms with Crippen molar-refractivity contribution in [2.75, 3.05) is 37.6 Å². The third kappa shape index (κ3) is 4.79. The molecule has 2 aromatic carbocycles. The van der Waals surface area contributed by atoms with Crippen LogP contribution < -0.4 is 10.3 Å². The topological polar surface area (TPSA) is 23.6 Å². The summed E-state index contributed by atoms with van der Waals surface area (Å²) in [4.78, 5) is 16.6. The number of benzene rings is 1. The van der Waals surface area contributed by atoms with Gasteiger partial charge in [0.1, 0.15) is 5.82 Å². The van der Waals surface area contributed by atoms with Gasteiger partial charge in [0, 0.05) is 32.7 Å². The molecule has 0 bridgehead atoms. The van der Waals surface area contributed by atoms with Crippen LogP contribution in [-0.4, -0.2) is 37.6 Å². The molecule has 0 radical (unpaired) electrons. The standard InChI is InChI=1S/C19H21FN2O.ClH/c20-17-8-6-16(7-9-17)10-11-21-12-14-22(15-13-21)18-4-2-1-3-5-19(18)23;/h1-9H,10-15H2;1H. The average Bonchev–Trinajstić information content (AvgIpc) is 2.79. The maximum absolute atomic E-state index is 12.9. The van der Waals surface area contributed by atoms with Gasteiger partial charge in [-0.05, 0) is 36.2 Å². The fourth-order valence-corrected chi connectivity index (χ4v) is 2.93. The van der Waals surface area contributed by atoms with Gasteiger partial charge in [-0.3, -0.25) is 9.69 Å². The molecule has 0 unspecified atom stereocenters. The molecule has 1 saturated heterocycles. The van der Waals surface area contributed by atoms with E-state index in [0.717, 1.165) is 50.4 Å². The number of halogens is 2. The quantitative estimate of drug-likeness (QED) is 0.848. The van der Waals surface area contributed by atoms with E-state index in [1.54, 1.807) is 12.1 Å². The Labute approximate surface area is 148 Å². The lowest BCUT2D eigenvalue weighted by molar-refractivity contribution is 0.261. The molecule has 2 aromatic rings. The van der Waals surface area contributed by atoms with Crippen molar-refractivity contribution in [1.82, 2.24) is 4.90 Å². The Balaban J connectivity index is 0.00000208. The number of piperazine rings is 1. The predicted octanol–water partition coefficient (Wildman–Crippen LogP) is 2.97. The normalized spacial score (nSPS) is 15.0. The maximum atomic E-state index is 12.9. The molecule has 1 aliphatic heterocycles. The molecular formula is C19H22ClFN2O. The van der Waals surface area contributed by atoms with Crippen LogP contribution in [0.2, 0.25) is 0 Å². The van der Waals surface area contributed by atoms with Crippen LogP contribution in [0.15, 0.2) is 59.4 Å². The van der Waals surface area contributed by atoms with E-state index in [0.29, 0.717) is 0 Å². The molecule has 1 fully saturated rings. The monoisotopic (exact) mass is 348 g/mol. The summed E-state index contributed by atoms with van der Waals surface area (Å²) in [7, 11) is 0. The molecule has 1 aliphatic rings. The maximum Gasteiger partial charge on any atom is 0.201 e. The predicted molar refractivity (Wildman–Crippen MR) is 98.7 cm³/mol. The van der Waals surface area contributed by atoms with Crippen molar-refractivity contribution in [2.24, 2.45) is 0 Å². The molecule has 24 heavy (non-hydrogen) atoms. The van der Waals surface area contributed by atoms with Crippen molar-refractivity contribution in [3.05, 3.63) is 76.2 Å². The zero-order valence-corrected chi connectivity index (χ0v) is 14.3. The van der Waals surface area contributed by atoms with Gasteiger partial charge in [0.25, 0.3) is 0 Å². The number of hydrogen-bond donors (Lipinski definition) is 0. The van der Waals surface area contributed by atoms with Gasteiger partial charge in [-0.1, -0.05) is 30.3 Å². The highest BCUT2D eigenvalue weighted by molar-refractivity contribution is 5.85. The molecule has 0 N–H and O–H groups in total. The number of anilines is 1. The minimum atomic E-state index is -0.188. The lowest BCUT2D eigenvalue weighted by atomic mass is 10.1. The smallest absolute Gasteiger partial charge is 0.201 e. The molecule has 0 spiro atoms. The number of hydrogen-bond acceptors (Lipinski definition) is 3. The van der Waals surface area contributed by atoms with Gasteiger partial charge in [-0.25, -0.2) is 4.39 Å². The van der Waals surface area contributed by atoms with Crippen LogP contribution in [0.5, 0.6) is 0 Å². The van der Waals surface area contributed by atoms with E-state index in [9.17, 15) is 9.18 Å². The zero-order valence-electron chi connectivity index (χ0n) is 13.5. The fourth-order valence-electron chi connectivity index (χ4n) is 2.93. The Morgan fingerprint density at radius 2 is 1.54 bits per heavy atom. The van der Waals surface area contributed by atoms with E-state index in [2.05, 4.69) is 9.80 Å². The van der Waals surface area contributed by atoms with E-state index < -0.39 is 0 Å². The van der Waals surface area contributed by atoms with E-state index in [1.165, 1.54) is 12.1 Å². The van der Waals surface area contributed by atoms with E-state index in [1.807, 2.05) is 30.3 Å². The number of nitrogens with zero attached hydrogens (tertiary/aromatic N) is 2. The van der Waals surface area contributed by atoms with Gasteiger partial charge in [0.05, 0.1) is 5.69 Å². The highest BCUT2D eigenvalue weighted by Gasteiger charge is 2.18. The first-order valence-electron chi connectivity index (χ1n) is 8.03. The summed E-state index contributed by atoms with van der Waals surface area (Å²) < 4.78 is 12.9. The third-order valence-corrected chi connectivity index (χ3v) is 4.32. The Kier molecular flexibility index (Phi) is 6.76. The largest absolute Gasteiger partial charge is 0.366 e. The van der Waals surface area contributed by atoms with Gasteiger partial charge in [-0.2, -0.15) is 0 Å². The average molecular weight is 349 g/mol. The molecule has 5 heteroatoms. The molecule has 1 heterocycles. The first kappa shape index (κ1) is 18.4. The Morgan fingerprint density at radius 3 is 2.25 bits per heavy atom. The summed E-state index contributed by atoms with van der Waals surface area (Å²) in [5.41, 5.74) is 2.02. The van der Waals surface area contributed by atoms with Gasteiger partial charge in [0.2, 0.25) is 5.43 Å². The van der Waals surface area contributed by atoms with Gasteiger partial charge in [0.15, 0.2) is 0 Å². The van der Waals surface area contributed by atoms with Crippen molar-refractivity contribution in [3.8, 4) is 0 Å². The first-order chi connectivity index (χ1) is 11.2. The molecular weight excluding hydrogens is 327 g/mol. The van der Waals surface area contributed by atoms with Crippen LogP contribution in [-0.2, 0) is 6.42 Å². The van der Waals surface area contributed by atoms with Crippen LogP contribution in [0.25, 0.3) is 0 Å². The molecule has 3 nitrogen and oxygen atoms in total. The van der Waals surface area contributed by atoms with Crippen molar-refractivity contribution < 1.29 is 4.39 Å². The second kappa shape index (κ2) is 8.81. The highest BCUT2D eigenvalue weighted by Crippen LogP contribution is 2.12. The van der Waals surface area contributed by atoms with Crippen molar-refractivity contribution in [3.63, 3.8) is 0 Å². The first-order valence-corrected chi connectivity index (χ1v) is 8.03. The molecule has 0 amide bonds. The fraction of sp³-hybridized carbons (Fsp3) is 0.316. The lowest BCUT2D eigenvalue weighted by Crippen LogP contribution is -2.48. The highest BCUT2D eigenvalue weighted by atomic mass is 35.5. The molecule has 0 aromatic heterocycles. The summed E-state index contributed by atoms with van der Waals surface area (Å²) in [5.74, 6) is -0.188. The lowest BCUT2D eigenvalue weighted by Gasteiger charge is -2.35. The minimum absolute atomic E-state index is 0. The van der Waals surface area contributed by atoms with Crippen LogP contribution >= 0.6 is 12.4 Å². The molecule has 0 aliphatic carbocycles. The van der Waals surface area contributed by atoms with E-state index in [-0.39, 0.29) is 23.7 Å². The molecule has 0 saturated carbocycles. The summed E-state index contributed by atoms with van der Waals surface area (Å²) in [6.07, 6.45) is 0.924. The summed E-state index contributed by atoms with van der Waals surface area (Å²) in [6, 6.07) is 15.8. The SMILES string of the molecule is Cl.O=c1cccccc1N1CCN(CCc2ccc(F)cc2)CC1. The van der Waals surface area contributed by atoms with Crippen LogP contribution in [0.1, 0.15) is 5.56 Å². The van der Waals surface area contributed by atoms with Gasteiger partial charge < -0.3 is 4.90 Å². The number of rotatable bonds is 4. The Bertz CT molecular complexity index is 700. The van der Waals surface area contributed by atoms with E-state index in [4.69, 9.17) is 0 Å². The van der Waals surface area contributed by atoms with Crippen molar-refractivity contribution >= 4 is 18.1 Å². The van der Waals surface area contributed by atoms with Crippen molar-refractivity contribution in [2.45, 2.75) is 6.42 Å². The van der Waals surface area contributed by atoms with Crippen LogP contribution in [0.3, 0.4) is 0 Å². The Morgan fingerprint density at radius 1 is 0.875 bits per heavy atom. The Hall–Kier alpha value is -1.91. The summed E-state index contributed by atoms with van der Waals surface area (Å²) in [6.45, 7) is 4.58. The minimum Gasteiger partial charge on any atom is -0.366 e. The third-order valence-electron chi connectivity index (χ3n) is 4.32. The van der Waals surface area contributed by atoms with Gasteiger partial charge in [-0.15, -0.1) is 12.4 Å². The molecule has 0 atom stereocenters. The summed E-state index contributed by atoms with van der Waals surface area (Å²) >= 11 is 0. The second-order valence-electron chi connectivity index (χ2n) is 5.87. The second-order valence-corrected chi connectivity index (χ2v) is 5.87. The van der Waals surface area contributed by atoms with Crippen molar-refractivity contribution in [1.29, 1.82) is 0 Å². The molecule has 3 rings (SSSR count). The zero-order chi connectivity index (χ0) is 16.1. The molecule has 128 valence electrons. The van der Waals surface area contributed by atoms with Gasteiger partial charge >= 0.3 is 0 Å². The van der Waals surface area contributed by atoms with Crippen LogP contribution in [0, 0.1) is 5.82 Å².